The highest BCUT2D eigenvalue weighted by molar-refractivity contribution is 5.95. The zero-order valence-electron chi connectivity index (χ0n) is 16.8. The number of carbonyl (C=O) groups excluding carboxylic acids is 2. The van der Waals surface area contributed by atoms with Crippen molar-refractivity contribution < 1.29 is 9.59 Å². The van der Waals surface area contributed by atoms with Crippen LogP contribution in [0.15, 0.2) is 73.1 Å². The lowest BCUT2D eigenvalue weighted by molar-refractivity contribution is 0.0935. The molecule has 0 saturated heterocycles. The van der Waals surface area contributed by atoms with Crippen molar-refractivity contribution in [2.75, 3.05) is 0 Å². The van der Waals surface area contributed by atoms with Crippen LogP contribution in [0.1, 0.15) is 52.0 Å². The summed E-state index contributed by atoms with van der Waals surface area (Å²) in [6.07, 6.45) is 7.97. The normalized spacial score (nSPS) is 13.7. The third kappa shape index (κ3) is 4.92. The maximum Gasteiger partial charge on any atom is 0.251 e. The minimum Gasteiger partial charge on any atom is -0.349 e. The Hall–Kier alpha value is -3.47. The molecule has 1 saturated carbocycles. The number of hydrogen-bond acceptors (Lipinski definition) is 3. The Labute approximate surface area is 176 Å². The van der Waals surface area contributed by atoms with Crippen LogP contribution in [0, 0.1) is 0 Å². The number of carbonyl (C=O) groups is 2. The molecule has 0 spiro atoms. The summed E-state index contributed by atoms with van der Waals surface area (Å²) < 4.78 is 0. The summed E-state index contributed by atoms with van der Waals surface area (Å²) in [6, 6.07) is 19.1. The van der Waals surface area contributed by atoms with Crippen molar-refractivity contribution in [3.05, 3.63) is 89.7 Å². The smallest absolute Gasteiger partial charge is 0.251 e. The molecule has 4 rings (SSSR count). The maximum absolute atomic E-state index is 12.5. The van der Waals surface area contributed by atoms with Gasteiger partial charge in [0.05, 0.1) is 0 Å². The molecule has 152 valence electrons. The highest BCUT2D eigenvalue weighted by atomic mass is 16.2. The second-order valence-corrected chi connectivity index (χ2v) is 7.65. The predicted molar refractivity (Wildman–Crippen MR) is 117 cm³/mol. The molecular weight excluding hydrogens is 374 g/mol. The highest BCUT2D eigenvalue weighted by Gasteiger charge is 2.18. The molecule has 0 unspecified atom stereocenters. The molecule has 1 heterocycles. The van der Waals surface area contributed by atoms with Crippen molar-refractivity contribution in [3.8, 4) is 11.1 Å². The van der Waals surface area contributed by atoms with Crippen LogP contribution in [0.2, 0.25) is 0 Å². The summed E-state index contributed by atoms with van der Waals surface area (Å²) in [4.78, 5) is 29.0. The van der Waals surface area contributed by atoms with Gasteiger partial charge in [-0.05, 0) is 65.9 Å². The number of benzene rings is 2. The largest absolute Gasteiger partial charge is 0.349 e. The molecule has 0 radical (unpaired) electrons. The zero-order valence-corrected chi connectivity index (χ0v) is 16.8. The van der Waals surface area contributed by atoms with E-state index in [-0.39, 0.29) is 17.9 Å². The molecule has 2 amide bonds. The summed E-state index contributed by atoms with van der Waals surface area (Å²) in [7, 11) is 0. The number of aromatic nitrogens is 1. The van der Waals surface area contributed by atoms with Gasteiger partial charge >= 0.3 is 0 Å². The fraction of sp³-hybridized carbons (Fsp3) is 0.240. The topological polar surface area (TPSA) is 71.1 Å². The van der Waals surface area contributed by atoms with Crippen LogP contribution in [0.25, 0.3) is 11.1 Å². The van der Waals surface area contributed by atoms with Crippen molar-refractivity contribution in [2.45, 2.75) is 38.3 Å². The van der Waals surface area contributed by atoms with Crippen LogP contribution in [-0.4, -0.2) is 22.8 Å². The van der Waals surface area contributed by atoms with E-state index in [1.807, 2.05) is 60.7 Å². The quantitative estimate of drug-likeness (QED) is 0.647. The van der Waals surface area contributed by atoms with Gasteiger partial charge < -0.3 is 10.6 Å². The number of amides is 2. The molecule has 30 heavy (non-hydrogen) atoms. The van der Waals surface area contributed by atoms with E-state index in [4.69, 9.17) is 0 Å². The van der Waals surface area contributed by atoms with Crippen molar-refractivity contribution in [1.29, 1.82) is 0 Å². The number of rotatable bonds is 6. The van der Waals surface area contributed by atoms with Crippen LogP contribution in [0.5, 0.6) is 0 Å². The fourth-order valence-corrected chi connectivity index (χ4v) is 3.80. The minimum atomic E-state index is -0.142. The van der Waals surface area contributed by atoms with E-state index in [0.29, 0.717) is 17.7 Å². The Kier molecular flexibility index (Phi) is 6.18. The van der Waals surface area contributed by atoms with E-state index in [9.17, 15) is 9.59 Å². The van der Waals surface area contributed by atoms with Crippen molar-refractivity contribution in [3.63, 3.8) is 0 Å². The zero-order chi connectivity index (χ0) is 20.8. The van der Waals surface area contributed by atoms with Gasteiger partial charge in [0.25, 0.3) is 11.8 Å². The first-order valence-electron chi connectivity index (χ1n) is 10.4. The Morgan fingerprint density at radius 1 is 0.833 bits per heavy atom. The third-order valence-corrected chi connectivity index (χ3v) is 5.49. The second kappa shape index (κ2) is 9.35. The molecule has 2 aromatic carbocycles. The van der Waals surface area contributed by atoms with Crippen LogP contribution >= 0.6 is 0 Å². The number of nitrogens with one attached hydrogen (secondary N) is 2. The van der Waals surface area contributed by atoms with Crippen molar-refractivity contribution in [1.82, 2.24) is 15.6 Å². The highest BCUT2D eigenvalue weighted by Crippen LogP contribution is 2.19. The Morgan fingerprint density at radius 2 is 1.53 bits per heavy atom. The van der Waals surface area contributed by atoms with E-state index < -0.39 is 0 Å². The first-order valence-corrected chi connectivity index (χ1v) is 10.4. The number of nitrogens with zero attached hydrogens (tertiary/aromatic N) is 1. The molecule has 0 bridgehead atoms. The lowest BCUT2D eigenvalue weighted by Gasteiger charge is -2.12. The molecule has 1 aliphatic carbocycles. The molecule has 5 nitrogen and oxygen atoms in total. The number of pyridine rings is 1. The van der Waals surface area contributed by atoms with Gasteiger partial charge in [0, 0.05) is 36.1 Å². The minimum absolute atomic E-state index is 0.0400. The first-order chi connectivity index (χ1) is 14.7. The SMILES string of the molecule is O=C(NCc1cccc(C(=O)NC2CCCC2)c1)c1ccc(-c2ccncc2)cc1. The van der Waals surface area contributed by atoms with Crippen LogP contribution < -0.4 is 10.6 Å². The van der Waals surface area contributed by atoms with Gasteiger partial charge in [0.2, 0.25) is 0 Å². The lowest BCUT2D eigenvalue weighted by Crippen LogP contribution is -2.32. The van der Waals surface area contributed by atoms with Gasteiger partial charge in [0.15, 0.2) is 0 Å². The Morgan fingerprint density at radius 3 is 2.27 bits per heavy atom. The average molecular weight is 399 g/mol. The van der Waals surface area contributed by atoms with Gasteiger partial charge in [-0.1, -0.05) is 37.1 Å². The lowest BCUT2D eigenvalue weighted by atomic mass is 10.0. The van der Waals surface area contributed by atoms with E-state index in [2.05, 4.69) is 15.6 Å². The van der Waals surface area contributed by atoms with E-state index in [0.717, 1.165) is 29.5 Å². The Bertz CT molecular complexity index is 1010. The second-order valence-electron chi connectivity index (χ2n) is 7.65. The third-order valence-electron chi connectivity index (χ3n) is 5.49. The predicted octanol–water partition coefficient (Wildman–Crippen LogP) is 4.35. The molecule has 0 aliphatic heterocycles. The van der Waals surface area contributed by atoms with Crippen LogP contribution in [0.4, 0.5) is 0 Å². The van der Waals surface area contributed by atoms with Crippen LogP contribution in [-0.2, 0) is 6.54 Å². The summed E-state index contributed by atoms with van der Waals surface area (Å²) >= 11 is 0. The summed E-state index contributed by atoms with van der Waals surface area (Å²) in [5.74, 6) is -0.182. The van der Waals surface area contributed by atoms with Gasteiger partial charge in [-0.2, -0.15) is 0 Å². The average Bonchev–Trinajstić information content (AvgIpc) is 3.31. The van der Waals surface area contributed by atoms with Gasteiger partial charge in [0.1, 0.15) is 0 Å². The van der Waals surface area contributed by atoms with E-state index >= 15 is 0 Å². The standard InChI is InChI=1S/C25H25N3O2/c29-24(21-10-8-19(9-11-21)20-12-14-26-15-13-20)27-17-18-4-3-5-22(16-18)25(30)28-23-6-1-2-7-23/h3-5,8-16,23H,1-2,6-7,17H2,(H,27,29)(H,28,30). The monoisotopic (exact) mass is 399 g/mol. The summed E-state index contributed by atoms with van der Waals surface area (Å²) in [5, 5.41) is 6.03. The molecule has 5 heteroatoms. The first kappa shape index (κ1) is 19.8. The molecule has 3 aromatic rings. The summed E-state index contributed by atoms with van der Waals surface area (Å²) in [5.41, 5.74) is 4.23. The van der Waals surface area contributed by atoms with Gasteiger partial charge in [-0.3, -0.25) is 14.6 Å². The molecule has 1 aromatic heterocycles. The molecule has 2 N–H and O–H groups in total. The Balaban J connectivity index is 1.35. The van der Waals surface area contributed by atoms with Gasteiger partial charge in [-0.25, -0.2) is 0 Å². The van der Waals surface area contributed by atoms with Gasteiger partial charge in [-0.15, -0.1) is 0 Å². The van der Waals surface area contributed by atoms with Crippen LogP contribution in [0.3, 0.4) is 0 Å². The van der Waals surface area contributed by atoms with Crippen molar-refractivity contribution in [2.24, 2.45) is 0 Å². The molecule has 0 atom stereocenters. The number of hydrogen-bond donors (Lipinski definition) is 2. The van der Waals surface area contributed by atoms with E-state index in [1.165, 1.54) is 12.8 Å². The fourth-order valence-electron chi connectivity index (χ4n) is 3.80. The maximum atomic E-state index is 12.5. The molecular formula is C25H25N3O2. The summed E-state index contributed by atoms with van der Waals surface area (Å²) in [6.45, 7) is 0.371. The van der Waals surface area contributed by atoms with E-state index in [1.54, 1.807) is 12.4 Å². The van der Waals surface area contributed by atoms with Crippen molar-refractivity contribution >= 4 is 11.8 Å². The molecule has 1 aliphatic rings. The molecule has 1 fully saturated rings.